The highest BCUT2D eigenvalue weighted by Gasteiger charge is 2.14. The molecule has 0 fully saturated rings. The van der Waals surface area contributed by atoms with Crippen LogP contribution in [0.25, 0.3) is 0 Å². The van der Waals surface area contributed by atoms with Gasteiger partial charge >= 0.3 is 0 Å². The molecule has 0 aliphatic rings. The molecule has 0 aliphatic carbocycles. The van der Waals surface area contributed by atoms with E-state index in [-0.39, 0.29) is 0 Å². The van der Waals surface area contributed by atoms with Gasteiger partial charge in [0.05, 0.1) is 19.9 Å². The van der Waals surface area contributed by atoms with Crippen LogP contribution in [-0.4, -0.2) is 33.2 Å². The van der Waals surface area contributed by atoms with Gasteiger partial charge in [0, 0.05) is 6.54 Å². The summed E-state index contributed by atoms with van der Waals surface area (Å²) < 4.78 is 18.9. The molecule has 0 amide bonds. The lowest BCUT2D eigenvalue weighted by Crippen LogP contribution is -2.10. The lowest BCUT2D eigenvalue weighted by Gasteiger charge is -2.09. The maximum Gasteiger partial charge on any atom is 0.156 e. The molecule has 2 aromatic rings. The highest BCUT2D eigenvalue weighted by Crippen LogP contribution is 2.18. The van der Waals surface area contributed by atoms with E-state index in [0.717, 1.165) is 10.6 Å². The van der Waals surface area contributed by atoms with Crippen LogP contribution in [0.2, 0.25) is 0 Å². The van der Waals surface area contributed by atoms with E-state index in [9.17, 15) is 4.55 Å². The van der Waals surface area contributed by atoms with Gasteiger partial charge in [-0.2, -0.15) is 0 Å². The Morgan fingerprint density at radius 3 is 2.74 bits per heavy atom. The van der Waals surface area contributed by atoms with Gasteiger partial charge in [0.2, 0.25) is 0 Å². The number of aromatic nitrogens is 3. The number of rotatable bonds is 6. The van der Waals surface area contributed by atoms with E-state index >= 15 is 0 Å². The Labute approximate surface area is 114 Å². The fourth-order valence-electron chi connectivity index (χ4n) is 1.59. The van der Waals surface area contributed by atoms with Gasteiger partial charge in [-0.15, -0.1) is 5.10 Å². The van der Waals surface area contributed by atoms with Crippen LogP contribution in [0.5, 0.6) is 5.75 Å². The van der Waals surface area contributed by atoms with Crippen molar-refractivity contribution in [1.82, 2.24) is 15.0 Å². The van der Waals surface area contributed by atoms with Crippen molar-refractivity contribution in [3.8, 4) is 5.75 Å². The first-order chi connectivity index (χ1) is 9.22. The molecule has 2 rings (SSSR count). The Morgan fingerprint density at radius 2 is 2.11 bits per heavy atom. The molecule has 0 aliphatic heterocycles. The summed E-state index contributed by atoms with van der Waals surface area (Å²) >= 11 is -1.14. The third-order valence-electron chi connectivity index (χ3n) is 2.55. The minimum atomic E-state index is -1.14. The molecule has 6 nitrogen and oxygen atoms in total. The van der Waals surface area contributed by atoms with Crippen LogP contribution in [0.1, 0.15) is 5.69 Å². The second-order valence-electron chi connectivity index (χ2n) is 3.93. The molecule has 2 N–H and O–H groups in total. The molecule has 1 aromatic carbocycles. The minimum absolute atomic E-state index is 0.344. The lowest BCUT2D eigenvalue weighted by atomic mass is 10.3. The fourth-order valence-corrected chi connectivity index (χ4v) is 2.60. The van der Waals surface area contributed by atoms with Gasteiger partial charge in [-0.3, -0.25) is 4.68 Å². The van der Waals surface area contributed by atoms with Gasteiger partial charge in [0.15, 0.2) is 10.6 Å². The van der Waals surface area contributed by atoms with Crippen LogP contribution < -0.4 is 10.5 Å². The van der Waals surface area contributed by atoms with E-state index in [2.05, 4.69) is 10.3 Å². The average Bonchev–Trinajstić information content (AvgIpc) is 2.86. The molecule has 0 saturated heterocycles. The summed E-state index contributed by atoms with van der Waals surface area (Å²) in [5.74, 6) is 1.09. The molecule has 1 aromatic heterocycles. The van der Waals surface area contributed by atoms with Gasteiger partial charge < -0.3 is 15.0 Å². The summed E-state index contributed by atoms with van der Waals surface area (Å²) in [4.78, 5) is 0.745. The Bertz CT molecular complexity index is 515. The molecule has 0 saturated carbocycles. The predicted octanol–water partition coefficient (Wildman–Crippen LogP) is 0.553. The molecule has 102 valence electrons. The quantitative estimate of drug-likeness (QED) is 0.781. The lowest BCUT2D eigenvalue weighted by molar-refractivity contribution is 0.414. The predicted molar refractivity (Wildman–Crippen MR) is 72.2 cm³/mol. The number of hydrogen-bond acceptors (Lipinski definition) is 5. The fraction of sp³-hybridized carbons (Fsp3) is 0.333. The standard InChI is InChI=1S/C12H16N4O2S/c1-18-11-2-4-12(5-3-11)19(17)9-10-8-16(7-6-13)15-14-10/h2-5,8H,6-7,9,13H2,1H3. The normalized spacial score (nSPS) is 12.4. The van der Waals surface area contributed by atoms with Gasteiger partial charge in [-0.05, 0) is 35.4 Å². The molecule has 1 unspecified atom stereocenters. The number of nitrogens with zero attached hydrogens (tertiary/aromatic N) is 3. The maximum absolute atomic E-state index is 12.1. The summed E-state index contributed by atoms with van der Waals surface area (Å²) in [6.07, 6.45) is 1.77. The van der Waals surface area contributed by atoms with Crippen molar-refractivity contribution in [1.29, 1.82) is 0 Å². The molecule has 7 heteroatoms. The first-order valence-electron chi connectivity index (χ1n) is 5.84. The zero-order valence-corrected chi connectivity index (χ0v) is 11.5. The van der Waals surface area contributed by atoms with Crippen molar-refractivity contribution in [3.63, 3.8) is 0 Å². The minimum Gasteiger partial charge on any atom is -0.611 e. The summed E-state index contributed by atoms with van der Waals surface area (Å²) in [5, 5.41) is 7.89. The third-order valence-corrected chi connectivity index (χ3v) is 3.90. The van der Waals surface area contributed by atoms with Gasteiger partial charge in [-0.25, -0.2) is 0 Å². The SMILES string of the molecule is COc1ccc([S+]([O-])Cc2cn(CCN)nn2)cc1. The van der Waals surface area contributed by atoms with Gasteiger partial charge in [0.1, 0.15) is 11.4 Å². The van der Waals surface area contributed by atoms with Crippen molar-refractivity contribution in [2.75, 3.05) is 13.7 Å². The largest absolute Gasteiger partial charge is 0.611 e. The van der Waals surface area contributed by atoms with Crippen LogP contribution in [0.15, 0.2) is 35.4 Å². The van der Waals surface area contributed by atoms with Crippen LogP contribution >= 0.6 is 0 Å². The zero-order valence-electron chi connectivity index (χ0n) is 10.7. The zero-order chi connectivity index (χ0) is 13.7. The van der Waals surface area contributed by atoms with E-state index in [1.54, 1.807) is 42.3 Å². The topological polar surface area (TPSA) is 89.0 Å². The molecular formula is C12H16N4O2S. The van der Waals surface area contributed by atoms with Crippen LogP contribution in [0.3, 0.4) is 0 Å². The highest BCUT2D eigenvalue weighted by atomic mass is 32.2. The number of benzene rings is 1. The van der Waals surface area contributed by atoms with Crippen LogP contribution in [0.4, 0.5) is 0 Å². The Kier molecular flexibility index (Phi) is 4.78. The number of ether oxygens (including phenoxy) is 1. The highest BCUT2D eigenvalue weighted by molar-refractivity contribution is 7.90. The first kappa shape index (κ1) is 13.9. The van der Waals surface area contributed by atoms with Crippen molar-refractivity contribution in [2.45, 2.75) is 17.2 Å². The summed E-state index contributed by atoms with van der Waals surface area (Å²) in [5.41, 5.74) is 6.13. The van der Waals surface area contributed by atoms with Gasteiger partial charge in [-0.1, -0.05) is 5.21 Å². The third kappa shape index (κ3) is 3.69. The second kappa shape index (κ2) is 6.55. The monoisotopic (exact) mass is 280 g/mol. The van der Waals surface area contributed by atoms with E-state index in [0.29, 0.717) is 24.5 Å². The first-order valence-corrected chi connectivity index (χ1v) is 7.16. The number of methoxy groups -OCH3 is 1. The molecule has 0 spiro atoms. The van der Waals surface area contributed by atoms with E-state index in [4.69, 9.17) is 10.5 Å². The summed E-state index contributed by atoms with van der Waals surface area (Å²) in [7, 11) is 1.60. The van der Waals surface area contributed by atoms with Crippen molar-refractivity contribution < 1.29 is 9.29 Å². The molecule has 0 radical (unpaired) electrons. The average molecular weight is 280 g/mol. The van der Waals surface area contributed by atoms with Crippen LogP contribution in [-0.2, 0) is 23.5 Å². The van der Waals surface area contributed by atoms with Crippen molar-refractivity contribution >= 4 is 11.2 Å². The molecule has 0 bridgehead atoms. The summed E-state index contributed by atoms with van der Waals surface area (Å²) in [6, 6.07) is 7.16. The van der Waals surface area contributed by atoms with Crippen molar-refractivity contribution in [2.24, 2.45) is 5.73 Å². The second-order valence-corrected chi connectivity index (χ2v) is 5.38. The molecule has 1 atom stereocenters. The Balaban J connectivity index is 2.00. The van der Waals surface area contributed by atoms with Crippen molar-refractivity contribution in [3.05, 3.63) is 36.2 Å². The molecule has 19 heavy (non-hydrogen) atoms. The maximum atomic E-state index is 12.1. The number of nitrogens with two attached hydrogens (primary N) is 1. The van der Waals surface area contributed by atoms with Gasteiger partial charge in [0.25, 0.3) is 0 Å². The molecule has 1 heterocycles. The Morgan fingerprint density at radius 1 is 1.37 bits per heavy atom. The van der Waals surface area contributed by atoms with Crippen LogP contribution in [0, 0.1) is 0 Å². The number of hydrogen-bond donors (Lipinski definition) is 1. The molecular weight excluding hydrogens is 264 g/mol. The Hall–Kier alpha value is -1.57. The smallest absolute Gasteiger partial charge is 0.156 e. The van der Waals surface area contributed by atoms with E-state index < -0.39 is 11.2 Å². The van der Waals surface area contributed by atoms with E-state index in [1.165, 1.54) is 0 Å². The van der Waals surface area contributed by atoms with E-state index in [1.807, 2.05) is 0 Å². The summed E-state index contributed by atoms with van der Waals surface area (Å²) in [6.45, 7) is 1.12.